The van der Waals surface area contributed by atoms with Crippen LogP contribution >= 0.6 is 11.6 Å². The lowest BCUT2D eigenvalue weighted by Crippen LogP contribution is -2.30. The molecule has 9 heteroatoms. The summed E-state index contributed by atoms with van der Waals surface area (Å²) in [6.07, 6.45) is 0. The molecule has 0 saturated carbocycles. The van der Waals surface area contributed by atoms with Crippen LogP contribution in [0.5, 0.6) is 0 Å². The molecular weight excluding hydrogens is 354 g/mol. The fourth-order valence-corrected chi connectivity index (χ4v) is 4.10. The molecule has 0 bridgehead atoms. The molecule has 1 amide bonds. The van der Waals surface area contributed by atoms with E-state index in [2.05, 4.69) is 10.5 Å². The minimum Gasteiger partial charge on any atom is -0.351 e. The number of aryl methyl sites for hydroxylation is 1. The zero-order valence-electron chi connectivity index (χ0n) is 13.5. The Morgan fingerprint density at radius 2 is 1.96 bits per heavy atom. The molecule has 1 aromatic heterocycles. The van der Waals surface area contributed by atoms with Gasteiger partial charge in [0.05, 0.1) is 10.7 Å². The van der Waals surface area contributed by atoms with Crippen LogP contribution in [0.15, 0.2) is 33.7 Å². The smallest absolute Gasteiger partial charge is 0.294 e. The first-order chi connectivity index (χ1) is 11.3. The summed E-state index contributed by atoms with van der Waals surface area (Å²) in [4.78, 5) is 12.0. The molecule has 1 aromatic carbocycles. The van der Waals surface area contributed by atoms with Gasteiger partial charge >= 0.3 is 0 Å². The fourth-order valence-electron chi connectivity index (χ4n) is 2.14. The van der Waals surface area contributed by atoms with E-state index in [1.807, 2.05) is 0 Å². The highest BCUT2D eigenvalue weighted by molar-refractivity contribution is 7.89. The van der Waals surface area contributed by atoms with Crippen molar-refractivity contribution in [3.8, 4) is 0 Å². The Hall–Kier alpha value is -1.90. The zero-order valence-corrected chi connectivity index (χ0v) is 15.1. The lowest BCUT2D eigenvalue weighted by atomic mass is 10.3. The third-order valence-corrected chi connectivity index (χ3v) is 5.90. The van der Waals surface area contributed by atoms with Gasteiger partial charge < -0.3 is 9.84 Å². The van der Waals surface area contributed by atoms with Crippen LogP contribution in [0, 0.1) is 6.92 Å². The van der Waals surface area contributed by atoms with Crippen molar-refractivity contribution in [2.24, 2.45) is 0 Å². The van der Waals surface area contributed by atoms with Gasteiger partial charge in [-0.25, -0.2) is 8.42 Å². The minimum absolute atomic E-state index is 0.0376. The topological polar surface area (TPSA) is 92.5 Å². The second-order valence-corrected chi connectivity index (χ2v) is 7.33. The van der Waals surface area contributed by atoms with Crippen molar-refractivity contribution in [3.63, 3.8) is 0 Å². The number of aromatic nitrogens is 1. The molecule has 2 aromatic rings. The number of sulfonamides is 1. The number of anilines is 1. The number of benzene rings is 1. The number of rotatable bonds is 6. The Bertz CT molecular complexity index is 844. The third kappa shape index (κ3) is 3.77. The number of hydrogen-bond donors (Lipinski definition) is 1. The molecule has 2 rings (SSSR count). The predicted molar refractivity (Wildman–Crippen MR) is 90.8 cm³/mol. The Kier molecular flexibility index (Phi) is 5.63. The van der Waals surface area contributed by atoms with Gasteiger partial charge in [-0.2, -0.15) is 4.31 Å². The second-order valence-electron chi connectivity index (χ2n) is 5.02. The van der Waals surface area contributed by atoms with Gasteiger partial charge in [0.1, 0.15) is 4.90 Å². The van der Waals surface area contributed by atoms with Crippen LogP contribution in [0.3, 0.4) is 0 Å². The van der Waals surface area contributed by atoms with Gasteiger partial charge in [0.25, 0.3) is 5.91 Å². The number of carbonyl (C=O) groups excluding carboxylic acids is 1. The Morgan fingerprint density at radius 3 is 2.50 bits per heavy atom. The van der Waals surface area contributed by atoms with Crippen LogP contribution in [0.25, 0.3) is 0 Å². The summed E-state index contributed by atoms with van der Waals surface area (Å²) in [5.74, 6) is -0.486. The van der Waals surface area contributed by atoms with Crippen molar-refractivity contribution in [2.45, 2.75) is 25.7 Å². The van der Waals surface area contributed by atoms with Crippen LogP contribution in [0.2, 0.25) is 5.02 Å². The highest BCUT2D eigenvalue weighted by Gasteiger charge is 2.25. The summed E-state index contributed by atoms with van der Waals surface area (Å²) in [5.41, 5.74) is 0.866. The van der Waals surface area contributed by atoms with E-state index in [0.717, 1.165) is 0 Å². The second kappa shape index (κ2) is 7.33. The first-order valence-electron chi connectivity index (χ1n) is 7.34. The SMILES string of the molecule is CCN(CC)S(=O)(=O)c1cc(NC(=O)c2cc(C)no2)ccc1Cl. The molecule has 0 spiro atoms. The van der Waals surface area contributed by atoms with E-state index in [9.17, 15) is 13.2 Å². The normalized spacial score (nSPS) is 11.7. The number of hydrogen-bond acceptors (Lipinski definition) is 5. The van der Waals surface area contributed by atoms with Gasteiger partial charge in [-0.15, -0.1) is 0 Å². The summed E-state index contributed by atoms with van der Waals surface area (Å²) in [6, 6.07) is 5.76. The minimum atomic E-state index is -3.74. The summed E-state index contributed by atoms with van der Waals surface area (Å²) in [7, 11) is -3.74. The van der Waals surface area contributed by atoms with E-state index in [1.165, 1.54) is 28.6 Å². The lowest BCUT2D eigenvalue weighted by molar-refractivity contribution is 0.0988. The number of nitrogens with one attached hydrogen (secondary N) is 1. The average molecular weight is 372 g/mol. The molecule has 0 aliphatic heterocycles. The van der Waals surface area contributed by atoms with Crippen LogP contribution in [0.4, 0.5) is 5.69 Å². The predicted octanol–water partition coefficient (Wildman–Crippen LogP) is 2.92. The van der Waals surface area contributed by atoms with Crippen molar-refractivity contribution in [1.29, 1.82) is 0 Å². The van der Waals surface area contributed by atoms with E-state index in [4.69, 9.17) is 16.1 Å². The van der Waals surface area contributed by atoms with Gasteiger partial charge in [0.15, 0.2) is 0 Å². The van der Waals surface area contributed by atoms with Crippen LogP contribution in [0.1, 0.15) is 30.1 Å². The summed E-state index contributed by atoms with van der Waals surface area (Å²) in [6.45, 7) is 5.82. The van der Waals surface area contributed by atoms with Crippen molar-refractivity contribution in [2.75, 3.05) is 18.4 Å². The molecule has 0 unspecified atom stereocenters. The van der Waals surface area contributed by atoms with E-state index in [1.54, 1.807) is 20.8 Å². The van der Waals surface area contributed by atoms with Gasteiger partial charge in [-0.3, -0.25) is 4.79 Å². The van der Waals surface area contributed by atoms with Crippen molar-refractivity contribution >= 4 is 33.2 Å². The maximum Gasteiger partial charge on any atom is 0.294 e. The first kappa shape index (κ1) is 18.4. The Labute approximate surface area is 145 Å². The largest absolute Gasteiger partial charge is 0.351 e. The Morgan fingerprint density at radius 1 is 1.29 bits per heavy atom. The van der Waals surface area contributed by atoms with Crippen LogP contribution < -0.4 is 5.32 Å². The standard InChI is InChI=1S/C15H18ClN3O4S/c1-4-19(5-2)24(21,22)14-9-11(6-7-12(14)16)17-15(20)13-8-10(3)18-23-13/h6-9H,4-5H2,1-3H3,(H,17,20). The molecule has 0 atom stereocenters. The zero-order chi connectivity index (χ0) is 17.9. The van der Waals surface area contributed by atoms with E-state index in [0.29, 0.717) is 24.5 Å². The summed E-state index contributed by atoms with van der Waals surface area (Å²) >= 11 is 6.05. The quantitative estimate of drug-likeness (QED) is 0.842. The highest BCUT2D eigenvalue weighted by atomic mass is 35.5. The molecule has 0 saturated heterocycles. The van der Waals surface area contributed by atoms with Crippen molar-refractivity contribution < 1.29 is 17.7 Å². The lowest BCUT2D eigenvalue weighted by Gasteiger charge is -2.19. The number of nitrogens with zero attached hydrogens (tertiary/aromatic N) is 2. The third-order valence-electron chi connectivity index (χ3n) is 3.36. The molecule has 130 valence electrons. The van der Waals surface area contributed by atoms with Crippen molar-refractivity contribution in [3.05, 3.63) is 40.7 Å². The van der Waals surface area contributed by atoms with Gasteiger partial charge in [-0.05, 0) is 25.1 Å². The molecule has 0 aliphatic carbocycles. The molecule has 1 N–H and O–H groups in total. The van der Waals surface area contributed by atoms with Gasteiger partial charge in [0.2, 0.25) is 15.8 Å². The molecule has 0 fully saturated rings. The Balaban J connectivity index is 2.33. The maximum atomic E-state index is 12.6. The number of halogens is 1. The van der Waals surface area contributed by atoms with Gasteiger partial charge in [0, 0.05) is 24.8 Å². The average Bonchev–Trinajstić information content (AvgIpc) is 2.96. The van der Waals surface area contributed by atoms with Crippen LogP contribution in [-0.2, 0) is 10.0 Å². The monoisotopic (exact) mass is 371 g/mol. The van der Waals surface area contributed by atoms with E-state index in [-0.39, 0.29) is 15.7 Å². The summed E-state index contributed by atoms with van der Waals surface area (Å²) in [5, 5.41) is 6.30. The highest BCUT2D eigenvalue weighted by Crippen LogP contribution is 2.28. The number of carbonyl (C=O) groups is 1. The number of amides is 1. The van der Waals surface area contributed by atoms with Gasteiger partial charge in [-0.1, -0.05) is 30.6 Å². The van der Waals surface area contributed by atoms with E-state index < -0.39 is 15.9 Å². The van der Waals surface area contributed by atoms with E-state index >= 15 is 0 Å². The van der Waals surface area contributed by atoms with Crippen LogP contribution in [-0.4, -0.2) is 36.9 Å². The maximum absolute atomic E-state index is 12.6. The van der Waals surface area contributed by atoms with Crippen molar-refractivity contribution in [1.82, 2.24) is 9.46 Å². The molecule has 0 radical (unpaired) electrons. The fraction of sp³-hybridized carbons (Fsp3) is 0.333. The summed E-state index contributed by atoms with van der Waals surface area (Å²) < 4.78 is 31.4. The molecular formula is C15H18ClN3O4S. The molecule has 7 nitrogen and oxygen atoms in total. The molecule has 24 heavy (non-hydrogen) atoms. The molecule has 0 aliphatic rings. The molecule has 1 heterocycles. The first-order valence-corrected chi connectivity index (χ1v) is 9.15.